The van der Waals surface area contributed by atoms with E-state index in [-0.39, 0.29) is 22.6 Å². The van der Waals surface area contributed by atoms with Crippen LogP contribution in [0.15, 0.2) is 29.3 Å². The predicted molar refractivity (Wildman–Crippen MR) is 111 cm³/mol. The van der Waals surface area contributed by atoms with Crippen LogP contribution in [0.1, 0.15) is 51.0 Å². The fraction of sp³-hybridized carbons (Fsp3) is 0.636. The lowest BCUT2D eigenvalue weighted by Crippen LogP contribution is -2.44. The molecule has 3 rings (SSSR count). The highest BCUT2D eigenvalue weighted by Gasteiger charge is 2.44. The zero-order chi connectivity index (χ0) is 20.2. The van der Waals surface area contributed by atoms with Gasteiger partial charge in [-0.1, -0.05) is 25.0 Å². The Labute approximate surface area is 167 Å². The van der Waals surface area contributed by atoms with Crippen LogP contribution < -0.4 is 10.6 Å². The summed E-state index contributed by atoms with van der Waals surface area (Å²) in [7, 11) is 3.66. The molecule has 2 aliphatic rings. The number of nitrogens with zero attached hydrogens (tertiary/aromatic N) is 2. The van der Waals surface area contributed by atoms with Crippen LogP contribution in [0.5, 0.6) is 0 Å². The highest BCUT2D eigenvalue weighted by molar-refractivity contribution is 5.84. The Balaban J connectivity index is 1.67. The van der Waals surface area contributed by atoms with Gasteiger partial charge in [0.05, 0.1) is 12.0 Å². The minimum atomic E-state index is -0.361. The first-order valence-electron chi connectivity index (χ1n) is 10.4. The standard InChI is InChI=1S/C22H33FN4O/c1-4-24-20(26-16-22(11-5-6-12-22)19(28)27(2)3)25-15-21(13-14-21)17-7-9-18(23)10-8-17/h7-10H,4-6,11-16H2,1-3H3,(H2,24,25,26). The van der Waals surface area contributed by atoms with Crippen molar-refractivity contribution in [3.05, 3.63) is 35.6 Å². The van der Waals surface area contributed by atoms with E-state index in [2.05, 4.69) is 10.6 Å². The summed E-state index contributed by atoms with van der Waals surface area (Å²) in [4.78, 5) is 19.3. The molecule has 0 atom stereocenters. The van der Waals surface area contributed by atoms with E-state index in [0.29, 0.717) is 6.54 Å². The van der Waals surface area contributed by atoms with Crippen molar-refractivity contribution in [2.75, 3.05) is 33.7 Å². The van der Waals surface area contributed by atoms with Gasteiger partial charge in [0, 0.05) is 32.6 Å². The molecule has 28 heavy (non-hydrogen) atoms. The quantitative estimate of drug-likeness (QED) is 0.558. The SMILES string of the molecule is CCNC(=NCC1(C(=O)N(C)C)CCCC1)NCC1(c2ccc(F)cc2)CC1. The number of carbonyl (C=O) groups excluding carboxylic acids is 1. The van der Waals surface area contributed by atoms with Crippen LogP contribution in [0, 0.1) is 11.2 Å². The molecule has 2 saturated carbocycles. The van der Waals surface area contributed by atoms with E-state index in [9.17, 15) is 9.18 Å². The molecule has 2 N–H and O–H groups in total. The first-order chi connectivity index (χ1) is 13.4. The van der Waals surface area contributed by atoms with Crippen LogP contribution in [0.4, 0.5) is 4.39 Å². The molecule has 2 aliphatic carbocycles. The molecular weight excluding hydrogens is 355 g/mol. The summed E-state index contributed by atoms with van der Waals surface area (Å²) in [5.41, 5.74) is 0.876. The molecule has 0 heterocycles. The van der Waals surface area contributed by atoms with Gasteiger partial charge in [-0.2, -0.15) is 0 Å². The normalized spacial score (nSPS) is 19.9. The minimum Gasteiger partial charge on any atom is -0.357 e. The van der Waals surface area contributed by atoms with Gasteiger partial charge < -0.3 is 15.5 Å². The van der Waals surface area contributed by atoms with E-state index in [1.54, 1.807) is 4.90 Å². The summed E-state index contributed by atoms with van der Waals surface area (Å²) < 4.78 is 13.2. The number of amides is 1. The molecular formula is C22H33FN4O. The van der Waals surface area contributed by atoms with E-state index in [1.807, 2.05) is 33.2 Å². The Morgan fingerprint density at radius 2 is 1.75 bits per heavy atom. The second-order valence-corrected chi connectivity index (χ2v) is 8.52. The third-order valence-electron chi connectivity index (χ3n) is 6.21. The molecule has 5 nitrogen and oxygen atoms in total. The first-order valence-corrected chi connectivity index (χ1v) is 10.4. The van der Waals surface area contributed by atoms with Crippen LogP contribution in [-0.2, 0) is 10.2 Å². The van der Waals surface area contributed by atoms with Crippen LogP contribution in [0.25, 0.3) is 0 Å². The monoisotopic (exact) mass is 388 g/mol. The zero-order valence-electron chi connectivity index (χ0n) is 17.4. The minimum absolute atomic E-state index is 0.0639. The van der Waals surface area contributed by atoms with Crippen molar-refractivity contribution in [1.29, 1.82) is 0 Å². The van der Waals surface area contributed by atoms with Gasteiger partial charge in [0.15, 0.2) is 5.96 Å². The van der Waals surface area contributed by atoms with E-state index in [1.165, 1.54) is 17.7 Å². The molecule has 6 heteroatoms. The predicted octanol–water partition coefficient (Wildman–Crippen LogP) is 3.06. The molecule has 154 valence electrons. The molecule has 1 aromatic carbocycles. The van der Waals surface area contributed by atoms with Gasteiger partial charge >= 0.3 is 0 Å². The number of carbonyl (C=O) groups is 1. The summed E-state index contributed by atoms with van der Waals surface area (Å²) in [6.07, 6.45) is 6.18. The largest absolute Gasteiger partial charge is 0.357 e. The molecule has 0 aliphatic heterocycles. The number of aliphatic imine (C=N–C) groups is 1. The van der Waals surface area contributed by atoms with Gasteiger partial charge in [-0.25, -0.2) is 4.39 Å². The molecule has 0 unspecified atom stereocenters. The number of rotatable bonds is 7. The molecule has 0 saturated heterocycles. The summed E-state index contributed by atoms with van der Waals surface area (Å²) in [5.74, 6) is 0.748. The fourth-order valence-electron chi connectivity index (χ4n) is 4.31. The molecule has 0 bridgehead atoms. The van der Waals surface area contributed by atoms with Crippen molar-refractivity contribution in [3.8, 4) is 0 Å². The zero-order valence-corrected chi connectivity index (χ0v) is 17.4. The van der Waals surface area contributed by atoms with Crippen molar-refractivity contribution in [2.24, 2.45) is 10.4 Å². The van der Waals surface area contributed by atoms with Crippen LogP contribution in [-0.4, -0.2) is 50.5 Å². The third kappa shape index (κ3) is 4.47. The van der Waals surface area contributed by atoms with Gasteiger partial charge in [-0.3, -0.25) is 9.79 Å². The van der Waals surface area contributed by atoms with Gasteiger partial charge in [0.2, 0.25) is 5.91 Å². The van der Waals surface area contributed by atoms with Gasteiger partial charge in [0.1, 0.15) is 5.82 Å². The lowest BCUT2D eigenvalue weighted by atomic mass is 9.85. The van der Waals surface area contributed by atoms with Crippen molar-refractivity contribution >= 4 is 11.9 Å². The van der Waals surface area contributed by atoms with Gasteiger partial charge in [-0.15, -0.1) is 0 Å². The summed E-state index contributed by atoms with van der Waals surface area (Å²) in [6, 6.07) is 6.84. The highest BCUT2D eigenvalue weighted by atomic mass is 19.1. The molecule has 2 fully saturated rings. The highest BCUT2D eigenvalue weighted by Crippen LogP contribution is 2.47. The second-order valence-electron chi connectivity index (χ2n) is 8.52. The summed E-state index contributed by atoms with van der Waals surface area (Å²) in [5, 5.41) is 6.77. The lowest BCUT2D eigenvalue weighted by molar-refractivity contribution is -0.138. The Morgan fingerprint density at radius 1 is 1.11 bits per heavy atom. The fourth-order valence-corrected chi connectivity index (χ4v) is 4.31. The number of hydrogen-bond acceptors (Lipinski definition) is 2. The molecule has 0 aromatic heterocycles. The van der Waals surface area contributed by atoms with Crippen molar-refractivity contribution < 1.29 is 9.18 Å². The van der Waals surface area contributed by atoms with Crippen LogP contribution in [0.3, 0.4) is 0 Å². The number of guanidine groups is 1. The van der Waals surface area contributed by atoms with Gasteiger partial charge in [-0.05, 0) is 50.3 Å². The van der Waals surface area contributed by atoms with E-state index in [4.69, 9.17) is 4.99 Å². The Morgan fingerprint density at radius 3 is 2.29 bits per heavy atom. The maximum Gasteiger partial charge on any atom is 0.230 e. The Bertz CT molecular complexity index is 704. The maximum absolute atomic E-state index is 13.2. The molecule has 0 radical (unpaired) electrons. The van der Waals surface area contributed by atoms with E-state index < -0.39 is 0 Å². The van der Waals surface area contributed by atoms with Crippen LogP contribution >= 0.6 is 0 Å². The van der Waals surface area contributed by atoms with E-state index in [0.717, 1.165) is 57.6 Å². The Hall–Kier alpha value is -2.11. The summed E-state index contributed by atoms with van der Waals surface area (Å²) in [6.45, 7) is 4.09. The molecule has 1 aromatic rings. The van der Waals surface area contributed by atoms with E-state index >= 15 is 0 Å². The topological polar surface area (TPSA) is 56.7 Å². The smallest absolute Gasteiger partial charge is 0.230 e. The number of benzene rings is 1. The second kappa shape index (κ2) is 8.50. The summed E-state index contributed by atoms with van der Waals surface area (Å²) >= 11 is 0. The number of halogens is 1. The average molecular weight is 389 g/mol. The number of nitrogens with one attached hydrogen (secondary N) is 2. The number of hydrogen-bond donors (Lipinski definition) is 2. The first kappa shape index (κ1) is 20.6. The molecule has 1 amide bonds. The van der Waals surface area contributed by atoms with Crippen molar-refractivity contribution in [2.45, 2.75) is 50.9 Å². The molecule has 0 spiro atoms. The lowest BCUT2D eigenvalue weighted by Gasteiger charge is -2.29. The van der Waals surface area contributed by atoms with Gasteiger partial charge in [0.25, 0.3) is 0 Å². The average Bonchev–Trinajstić information content (AvgIpc) is 3.32. The Kier molecular flexibility index (Phi) is 6.26. The van der Waals surface area contributed by atoms with Crippen molar-refractivity contribution in [1.82, 2.24) is 15.5 Å². The third-order valence-corrected chi connectivity index (χ3v) is 6.21. The van der Waals surface area contributed by atoms with Crippen molar-refractivity contribution in [3.63, 3.8) is 0 Å². The van der Waals surface area contributed by atoms with Crippen LogP contribution in [0.2, 0.25) is 0 Å². The maximum atomic E-state index is 13.2.